The molecule has 2 aromatic heterocycles. The molecule has 5 heterocycles. The van der Waals surface area contributed by atoms with Crippen LogP contribution in [0, 0.1) is 0 Å². The molecular weight excluding hydrogens is 370 g/mol. The first-order chi connectivity index (χ1) is 14.1. The third-order valence-corrected chi connectivity index (χ3v) is 6.19. The molecule has 8 heteroatoms. The van der Waals surface area contributed by atoms with Gasteiger partial charge in [0.15, 0.2) is 0 Å². The monoisotopic (exact) mass is 393 g/mol. The van der Waals surface area contributed by atoms with Crippen LogP contribution in [0.2, 0.25) is 0 Å². The lowest BCUT2D eigenvalue weighted by atomic mass is 9.82. The number of fused-ring (bicyclic) bond motifs is 2. The number of rotatable bonds is 4. The highest BCUT2D eigenvalue weighted by molar-refractivity contribution is 6.06. The van der Waals surface area contributed by atoms with Gasteiger partial charge in [-0.3, -0.25) is 34.3 Å². The summed E-state index contributed by atoms with van der Waals surface area (Å²) in [5.41, 5.74) is 1.16. The average molecular weight is 393 g/mol. The lowest BCUT2D eigenvalue weighted by Crippen LogP contribution is -2.81. The highest BCUT2D eigenvalue weighted by Gasteiger charge is 2.64. The Labute approximate surface area is 168 Å². The first-order valence-corrected chi connectivity index (χ1v) is 9.88. The predicted octanol–water partition coefficient (Wildman–Crippen LogP) is 0.0352. The van der Waals surface area contributed by atoms with Crippen molar-refractivity contribution in [3.63, 3.8) is 0 Å². The molecule has 1 N–H and O–H groups in total. The molecule has 3 fully saturated rings. The van der Waals surface area contributed by atoms with E-state index < -0.39 is 17.7 Å². The third-order valence-electron chi connectivity index (χ3n) is 6.19. The molecule has 2 amide bonds. The van der Waals surface area contributed by atoms with Crippen LogP contribution >= 0.6 is 0 Å². The molecule has 2 atom stereocenters. The van der Waals surface area contributed by atoms with Crippen LogP contribution in [0.15, 0.2) is 49.1 Å². The Morgan fingerprint density at radius 2 is 1.69 bits per heavy atom. The van der Waals surface area contributed by atoms with Crippen molar-refractivity contribution in [3.8, 4) is 0 Å². The minimum absolute atomic E-state index is 0.167. The van der Waals surface area contributed by atoms with Gasteiger partial charge in [0.25, 0.3) is 5.91 Å². The fraction of sp³-hybridized carbons (Fsp3) is 0.429. The maximum atomic E-state index is 13.5. The maximum Gasteiger partial charge on any atom is 0.252 e. The summed E-state index contributed by atoms with van der Waals surface area (Å²) in [6, 6.07) is 7.14. The van der Waals surface area contributed by atoms with Crippen molar-refractivity contribution in [3.05, 3.63) is 60.2 Å². The van der Waals surface area contributed by atoms with Gasteiger partial charge in [-0.1, -0.05) is 12.1 Å². The van der Waals surface area contributed by atoms with E-state index in [-0.39, 0.29) is 18.4 Å². The molecule has 2 unspecified atom stereocenters. The lowest BCUT2D eigenvalue weighted by Gasteiger charge is -2.58. The van der Waals surface area contributed by atoms with Gasteiger partial charge in [-0.05, 0) is 29.7 Å². The van der Waals surface area contributed by atoms with Crippen molar-refractivity contribution in [1.29, 1.82) is 0 Å². The van der Waals surface area contributed by atoms with Gasteiger partial charge in [-0.15, -0.1) is 0 Å². The van der Waals surface area contributed by atoms with E-state index in [4.69, 9.17) is 0 Å². The molecule has 0 saturated carbocycles. The SMILES string of the molecule is O=C1C2CC(O)CN2C2(CN(Cc3cccnc3)C2)C(=O)N1Cc1cccnc1. The van der Waals surface area contributed by atoms with Gasteiger partial charge in [-0.2, -0.15) is 0 Å². The predicted molar refractivity (Wildman–Crippen MR) is 103 cm³/mol. The number of imide groups is 1. The Morgan fingerprint density at radius 1 is 1.03 bits per heavy atom. The Bertz CT molecular complexity index is 916. The van der Waals surface area contributed by atoms with E-state index >= 15 is 0 Å². The zero-order chi connectivity index (χ0) is 20.0. The second-order valence-electron chi connectivity index (χ2n) is 8.19. The number of hydrogen-bond acceptors (Lipinski definition) is 7. The number of aliphatic hydroxyl groups excluding tert-OH is 1. The maximum absolute atomic E-state index is 13.5. The summed E-state index contributed by atoms with van der Waals surface area (Å²) in [5.74, 6) is -0.383. The van der Waals surface area contributed by atoms with Gasteiger partial charge in [-0.25, -0.2) is 0 Å². The minimum Gasteiger partial charge on any atom is -0.392 e. The molecule has 150 valence electrons. The Morgan fingerprint density at radius 3 is 2.31 bits per heavy atom. The number of carbonyl (C=O) groups excluding carboxylic acids is 2. The molecule has 0 bridgehead atoms. The molecule has 5 rings (SSSR count). The number of likely N-dealkylation sites (tertiary alicyclic amines) is 1. The van der Waals surface area contributed by atoms with Gasteiger partial charge in [0.1, 0.15) is 5.54 Å². The fourth-order valence-corrected chi connectivity index (χ4v) is 4.87. The zero-order valence-electron chi connectivity index (χ0n) is 16.0. The number of amides is 2. The van der Waals surface area contributed by atoms with Gasteiger partial charge < -0.3 is 5.11 Å². The quantitative estimate of drug-likeness (QED) is 0.734. The highest BCUT2D eigenvalue weighted by Crippen LogP contribution is 2.41. The molecule has 3 saturated heterocycles. The van der Waals surface area contributed by atoms with Crippen LogP contribution in [0.4, 0.5) is 0 Å². The molecule has 2 aromatic rings. The van der Waals surface area contributed by atoms with E-state index in [9.17, 15) is 14.7 Å². The molecular formula is C21H23N5O3. The van der Waals surface area contributed by atoms with Crippen LogP contribution in [0.25, 0.3) is 0 Å². The zero-order valence-corrected chi connectivity index (χ0v) is 16.0. The summed E-state index contributed by atoms with van der Waals surface area (Å²) in [6.45, 7) is 2.38. The number of aromatic nitrogens is 2. The summed E-state index contributed by atoms with van der Waals surface area (Å²) in [7, 11) is 0. The Balaban J connectivity index is 1.40. The first-order valence-electron chi connectivity index (χ1n) is 9.88. The number of carbonyl (C=O) groups is 2. The van der Waals surface area contributed by atoms with Crippen LogP contribution in [0.1, 0.15) is 17.5 Å². The normalized spacial score (nSPS) is 26.6. The second kappa shape index (κ2) is 6.98. The van der Waals surface area contributed by atoms with E-state index in [1.54, 1.807) is 24.7 Å². The number of aliphatic hydroxyl groups is 1. The molecule has 8 nitrogen and oxygen atoms in total. The van der Waals surface area contributed by atoms with Gasteiger partial charge >= 0.3 is 0 Å². The summed E-state index contributed by atoms with van der Waals surface area (Å²) in [4.78, 5) is 40.3. The topological polar surface area (TPSA) is 89.9 Å². The van der Waals surface area contributed by atoms with Gasteiger partial charge in [0.05, 0.1) is 18.7 Å². The summed E-state index contributed by atoms with van der Waals surface area (Å²) in [6.07, 6.45) is 6.71. The molecule has 1 spiro atoms. The molecule has 29 heavy (non-hydrogen) atoms. The smallest absolute Gasteiger partial charge is 0.252 e. The van der Waals surface area contributed by atoms with E-state index in [0.717, 1.165) is 11.1 Å². The van der Waals surface area contributed by atoms with Crippen LogP contribution in [-0.2, 0) is 22.7 Å². The fourth-order valence-electron chi connectivity index (χ4n) is 4.87. The minimum atomic E-state index is -0.750. The third kappa shape index (κ3) is 3.04. The standard InChI is InChI=1S/C21H23N5O3/c27-17-7-18-19(28)25(11-16-4-2-6-23-9-16)20(29)21(26(18)12-17)13-24(14-21)10-15-3-1-5-22-8-15/h1-6,8-9,17-18,27H,7,10-14H2. The Hall–Kier alpha value is -2.68. The van der Waals surface area contributed by atoms with Crippen LogP contribution in [0.5, 0.6) is 0 Å². The van der Waals surface area contributed by atoms with Crippen molar-refractivity contribution in [2.45, 2.75) is 37.2 Å². The lowest BCUT2D eigenvalue weighted by molar-refractivity contribution is -0.181. The number of hydrogen-bond donors (Lipinski definition) is 1. The largest absolute Gasteiger partial charge is 0.392 e. The second-order valence-corrected chi connectivity index (χ2v) is 8.19. The molecule has 3 aliphatic rings. The van der Waals surface area contributed by atoms with E-state index in [0.29, 0.717) is 32.6 Å². The van der Waals surface area contributed by atoms with Crippen LogP contribution < -0.4 is 0 Å². The number of pyridine rings is 2. The van der Waals surface area contributed by atoms with Gasteiger partial charge in [0, 0.05) is 51.0 Å². The highest BCUT2D eigenvalue weighted by atomic mass is 16.3. The van der Waals surface area contributed by atoms with Crippen molar-refractivity contribution < 1.29 is 14.7 Å². The van der Waals surface area contributed by atoms with E-state index in [1.165, 1.54) is 4.90 Å². The number of nitrogens with zero attached hydrogens (tertiary/aromatic N) is 5. The van der Waals surface area contributed by atoms with Crippen LogP contribution in [-0.4, -0.2) is 78.9 Å². The molecule has 0 aliphatic carbocycles. The number of piperazine rings is 1. The van der Waals surface area contributed by atoms with E-state index in [2.05, 4.69) is 14.9 Å². The van der Waals surface area contributed by atoms with E-state index in [1.807, 2.05) is 29.3 Å². The average Bonchev–Trinajstić information content (AvgIpc) is 3.10. The Kier molecular flexibility index (Phi) is 4.42. The van der Waals surface area contributed by atoms with Crippen molar-refractivity contribution in [2.75, 3.05) is 19.6 Å². The van der Waals surface area contributed by atoms with Crippen LogP contribution in [0.3, 0.4) is 0 Å². The van der Waals surface area contributed by atoms with Gasteiger partial charge in [0.2, 0.25) is 5.91 Å². The summed E-state index contributed by atoms with van der Waals surface area (Å²) < 4.78 is 0. The van der Waals surface area contributed by atoms with Crippen molar-refractivity contribution >= 4 is 11.8 Å². The molecule has 0 radical (unpaired) electrons. The molecule has 3 aliphatic heterocycles. The van der Waals surface area contributed by atoms with Crippen molar-refractivity contribution in [1.82, 2.24) is 24.7 Å². The first kappa shape index (κ1) is 18.4. The summed E-state index contributed by atoms with van der Waals surface area (Å²) >= 11 is 0. The summed E-state index contributed by atoms with van der Waals surface area (Å²) in [5, 5.41) is 10.2. The number of β-amino-alcohol motifs (C(OH)–C–C–N with tert-alkyl or cyclic N) is 1. The van der Waals surface area contributed by atoms with Crippen molar-refractivity contribution in [2.24, 2.45) is 0 Å². The molecule has 0 aromatic carbocycles.